The zero-order valence-electron chi connectivity index (χ0n) is 15.0. The van der Waals surface area contributed by atoms with Gasteiger partial charge in [-0.2, -0.15) is 0 Å². The number of hydrogen-bond donors (Lipinski definition) is 0. The third-order valence-electron chi connectivity index (χ3n) is 5.10. The van der Waals surface area contributed by atoms with Gasteiger partial charge in [-0.05, 0) is 66.6 Å². The third kappa shape index (κ3) is 4.65. The molecule has 0 radical (unpaired) electrons. The summed E-state index contributed by atoms with van der Waals surface area (Å²) in [5.74, 6) is 5.54. The molecular weight excluding hydrogens is 350 g/mol. The van der Waals surface area contributed by atoms with E-state index < -0.39 is 5.82 Å². The zero-order chi connectivity index (χ0) is 18.5. The van der Waals surface area contributed by atoms with Gasteiger partial charge < -0.3 is 0 Å². The van der Waals surface area contributed by atoms with Crippen LogP contribution >= 0.6 is 11.6 Å². The molecule has 0 amide bonds. The van der Waals surface area contributed by atoms with Crippen LogP contribution in [0.2, 0.25) is 5.02 Å². The molecule has 3 heteroatoms. The van der Waals surface area contributed by atoms with E-state index >= 15 is 0 Å². The van der Waals surface area contributed by atoms with Crippen LogP contribution in [0.4, 0.5) is 8.78 Å². The van der Waals surface area contributed by atoms with Crippen LogP contribution in [0.25, 0.3) is 0 Å². The van der Waals surface area contributed by atoms with E-state index in [9.17, 15) is 8.78 Å². The minimum atomic E-state index is -0.515. The Balaban J connectivity index is 1.76. The van der Waals surface area contributed by atoms with Crippen LogP contribution < -0.4 is 0 Å². The Hall–Kier alpha value is -1.85. The summed E-state index contributed by atoms with van der Waals surface area (Å²) in [6.45, 7) is 2.21. The van der Waals surface area contributed by atoms with E-state index in [1.54, 1.807) is 12.1 Å². The van der Waals surface area contributed by atoms with Crippen molar-refractivity contribution < 1.29 is 8.78 Å². The Bertz CT molecular complexity index is 845. The van der Waals surface area contributed by atoms with Crippen LogP contribution in [0, 0.1) is 29.4 Å². The van der Waals surface area contributed by atoms with Crippen molar-refractivity contribution in [1.29, 1.82) is 0 Å². The fraction of sp³-hybridized carbons (Fsp3) is 0.391. The Morgan fingerprint density at radius 1 is 1.04 bits per heavy atom. The first kappa shape index (κ1) is 18.9. The lowest BCUT2D eigenvalue weighted by Gasteiger charge is -2.25. The van der Waals surface area contributed by atoms with E-state index in [0.29, 0.717) is 17.0 Å². The number of halogens is 3. The fourth-order valence-corrected chi connectivity index (χ4v) is 3.71. The lowest BCUT2D eigenvalue weighted by molar-refractivity contribution is 0.407. The first-order chi connectivity index (χ1) is 12.6. The van der Waals surface area contributed by atoms with Crippen LogP contribution in [0.15, 0.2) is 30.3 Å². The van der Waals surface area contributed by atoms with Crippen molar-refractivity contribution in [2.45, 2.75) is 51.9 Å². The number of benzene rings is 2. The van der Waals surface area contributed by atoms with Gasteiger partial charge >= 0.3 is 0 Å². The molecule has 0 N–H and O–H groups in total. The summed E-state index contributed by atoms with van der Waals surface area (Å²) in [5.41, 5.74) is 3.19. The largest absolute Gasteiger partial charge is 0.206 e. The van der Waals surface area contributed by atoms with Gasteiger partial charge in [0.25, 0.3) is 0 Å². The summed E-state index contributed by atoms with van der Waals surface area (Å²) in [4.78, 5) is 0. The topological polar surface area (TPSA) is 0 Å². The molecule has 0 saturated carbocycles. The van der Waals surface area contributed by atoms with Gasteiger partial charge in [-0.3, -0.25) is 0 Å². The van der Waals surface area contributed by atoms with Crippen molar-refractivity contribution in [1.82, 2.24) is 0 Å². The molecule has 1 unspecified atom stereocenters. The SMILES string of the molecule is CCCCCC1CCc2cc(C#Cc3ccc(Cl)c(F)c3)c(F)cc2C1. The number of rotatable bonds is 4. The molecule has 1 aliphatic rings. The lowest BCUT2D eigenvalue weighted by atomic mass is 9.80. The van der Waals surface area contributed by atoms with Gasteiger partial charge in [0.2, 0.25) is 0 Å². The zero-order valence-corrected chi connectivity index (χ0v) is 15.8. The van der Waals surface area contributed by atoms with E-state index in [2.05, 4.69) is 18.8 Å². The summed E-state index contributed by atoms with van der Waals surface area (Å²) in [6, 6.07) is 7.88. The predicted molar refractivity (Wildman–Crippen MR) is 103 cm³/mol. The van der Waals surface area contributed by atoms with Crippen molar-refractivity contribution in [3.63, 3.8) is 0 Å². The first-order valence-electron chi connectivity index (χ1n) is 9.35. The van der Waals surface area contributed by atoms with E-state index in [0.717, 1.165) is 24.8 Å². The number of fused-ring (bicyclic) bond motifs is 1. The van der Waals surface area contributed by atoms with E-state index in [1.165, 1.54) is 43.4 Å². The Labute approximate surface area is 159 Å². The molecule has 0 fully saturated rings. The van der Waals surface area contributed by atoms with Crippen molar-refractivity contribution in [2.24, 2.45) is 5.92 Å². The average molecular weight is 373 g/mol. The maximum Gasteiger partial charge on any atom is 0.143 e. The minimum absolute atomic E-state index is 0.0593. The van der Waals surface area contributed by atoms with Gasteiger partial charge in [0.1, 0.15) is 11.6 Å². The van der Waals surface area contributed by atoms with Gasteiger partial charge in [-0.25, -0.2) is 8.78 Å². The average Bonchev–Trinajstić information content (AvgIpc) is 2.63. The Morgan fingerprint density at radius 2 is 1.88 bits per heavy atom. The summed E-state index contributed by atoms with van der Waals surface area (Å²) >= 11 is 5.67. The summed E-state index contributed by atoms with van der Waals surface area (Å²) in [6.07, 6.45) is 8.12. The van der Waals surface area contributed by atoms with Crippen molar-refractivity contribution in [2.75, 3.05) is 0 Å². The molecular formula is C23H23ClF2. The van der Waals surface area contributed by atoms with Gasteiger partial charge in [0, 0.05) is 5.56 Å². The molecule has 0 heterocycles. The monoisotopic (exact) mass is 372 g/mol. The Morgan fingerprint density at radius 3 is 2.65 bits per heavy atom. The highest BCUT2D eigenvalue weighted by atomic mass is 35.5. The second-order valence-electron chi connectivity index (χ2n) is 7.08. The van der Waals surface area contributed by atoms with Gasteiger partial charge in [0.15, 0.2) is 0 Å². The van der Waals surface area contributed by atoms with Crippen LogP contribution in [-0.4, -0.2) is 0 Å². The van der Waals surface area contributed by atoms with E-state index in [1.807, 2.05) is 6.07 Å². The molecule has 0 nitrogen and oxygen atoms in total. The van der Waals surface area contributed by atoms with Gasteiger partial charge in [-0.1, -0.05) is 56.0 Å². The second kappa shape index (κ2) is 8.69. The molecule has 136 valence electrons. The number of unbranched alkanes of at least 4 members (excludes halogenated alkanes) is 2. The summed E-state index contributed by atoms with van der Waals surface area (Å²) < 4.78 is 27.9. The van der Waals surface area contributed by atoms with Gasteiger partial charge in [-0.15, -0.1) is 0 Å². The standard InChI is InChI=1S/C23H23ClF2/c1-2-3-4-5-16-6-9-18-14-19(22(25)15-20(18)12-16)10-7-17-8-11-21(24)23(26)13-17/h8,11,13-16H,2-6,9,12H2,1H3. The second-order valence-corrected chi connectivity index (χ2v) is 7.49. The first-order valence-corrected chi connectivity index (χ1v) is 9.73. The molecule has 2 aromatic rings. The summed E-state index contributed by atoms with van der Waals surface area (Å²) in [5, 5.41) is 0.0593. The fourth-order valence-electron chi connectivity index (χ4n) is 3.59. The van der Waals surface area contributed by atoms with E-state index in [-0.39, 0.29) is 10.8 Å². The van der Waals surface area contributed by atoms with Gasteiger partial charge in [0.05, 0.1) is 10.6 Å². The third-order valence-corrected chi connectivity index (χ3v) is 5.40. The van der Waals surface area contributed by atoms with E-state index in [4.69, 9.17) is 11.6 Å². The number of hydrogen-bond acceptors (Lipinski definition) is 0. The normalized spacial score (nSPS) is 15.9. The van der Waals surface area contributed by atoms with Crippen LogP contribution in [0.5, 0.6) is 0 Å². The molecule has 26 heavy (non-hydrogen) atoms. The molecule has 0 aromatic heterocycles. The molecule has 2 aromatic carbocycles. The quantitative estimate of drug-likeness (QED) is 0.413. The number of aryl methyl sites for hydroxylation is 1. The maximum atomic E-state index is 14.5. The van der Waals surface area contributed by atoms with Crippen LogP contribution in [0.1, 0.15) is 61.3 Å². The smallest absolute Gasteiger partial charge is 0.143 e. The minimum Gasteiger partial charge on any atom is -0.206 e. The predicted octanol–water partition coefficient (Wildman–Crippen LogP) is 6.70. The van der Waals surface area contributed by atoms with Crippen molar-refractivity contribution in [3.05, 3.63) is 69.2 Å². The maximum absolute atomic E-state index is 14.5. The van der Waals surface area contributed by atoms with Crippen LogP contribution in [0.3, 0.4) is 0 Å². The lowest BCUT2D eigenvalue weighted by Crippen LogP contribution is -2.15. The molecule has 0 saturated heterocycles. The molecule has 1 aliphatic carbocycles. The van der Waals surface area contributed by atoms with Crippen molar-refractivity contribution >= 4 is 11.6 Å². The van der Waals surface area contributed by atoms with Crippen LogP contribution in [-0.2, 0) is 12.8 Å². The highest BCUT2D eigenvalue weighted by Gasteiger charge is 2.20. The Kier molecular flexibility index (Phi) is 6.33. The summed E-state index contributed by atoms with van der Waals surface area (Å²) in [7, 11) is 0. The molecule has 0 spiro atoms. The molecule has 3 rings (SSSR count). The highest BCUT2D eigenvalue weighted by Crippen LogP contribution is 2.30. The highest BCUT2D eigenvalue weighted by molar-refractivity contribution is 6.30. The van der Waals surface area contributed by atoms with Crippen molar-refractivity contribution in [3.8, 4) is 11.8 Å². The molecule has 0 aliphatic heterocycles. The molecule has 1 atom stereocenters. The molecule has 0 bridgehead atoms.